The standard InChI is InChI=1S/C13H17Cl2NO2S/c14-12-7-6-10(8-13(12)15)9-19(17,18)16-11-4-2-1-3-5-11/h6-8,11,16H,1-5,9H2. The van der Waals surface area contributed by atoms with E-state index < -0.39 is 10.0 Å². The van der Waals surface area contributed by atoms with Crippen molar-refractivity contribution in [3.05, 3.63) is 33.8 Å². The summed E-state index contributed by atoms with van der Waals surface area (Å²) in [6, 6.07) is 5.00. The first-order valence-electron chi connectivity index (χ1n) is 6.40. The average molecular weight is 322 g/mol. The van der Waals surface area contributed by atoms with Gasteiger partial charge < -0.3 is 0 Å². The Morgan fingerprint density at radius 3 is 2.42 bits per heavy atom. The van der Waals surface area contributed by atoms with Gasteiger partial charge in [0, 0.05) is 6.04 Å². The van der Waals surface area contributed by atoms with E-state index in [4.69, 9.17) is 23.2 Å². The highest BCUT2D eigenvalue weighted by atomic mass is 35.5. The SMILES string of the molecule is O=S(=O)(Cc1ccc(Cl)c(Cl)c1)NC1CCCCC1. The molecule has 1 aromatic carbocycles. The van der Waals surface area contributed by atoms with E-state index in [9.17, 15) is 8.42 Å². The molecule has 1 aliphatic carbocycles. The minimum atomic E-state index is -3.32. The molecule has 6 heteroatoms. The predicted octanol–water partition coefficient (Wildman–Crippen LogP) is 3.75. The Balaban J connectivity index is 2.01. The quantitative estimate of drug-likeness (QED) is 0.918. The maximum absolute atomic E-state index is 12.1. The van der Waals surface area contributed by atoms with Crippen LogP contribution in [0, 0.1) is 0 Å². The van der Waals surface area contributed by atoms with Gasteiger partial charge in [-0.3, -0.25) is 0 Å². The van der Waals surface area contributed by atoms with E-state index in [2.05, 4.69) is 4.72 Å². The molecule has 0 spiro atoms. The first kappa shape index (κ1) is 15.1. The Bertz CT molecular complexity index is 540. The van der Waals surface area contributed by atoms with E-state index in [1.54, 1.807) is 18.2 Å². The maximum Gasteiger partial charge on any atom is 0.216 e. The van der Waals surface area contributed by atoms with Crippen molar-refractivity contribution in [1.82, 2.24) is 4.72 Å². The fourth-order valence-corrected chi connectivity index (χ4v) is 4.13. The van der Waals surface area contributed by atoms with Crippen LogP contribution in [0.5, 0.6) is 0 Å². The summed E-state index contributed by atoms with van der Waals surface area (Å²) in [4.78, 5) is 0. The average Bonchev–Trinajstić information content (AvgIpc) is 2.34. The molecule has 0 aliphatic heterocycles. The summed E-state index contributed by atoms with van der Waals surface area (Å²) < 4.78 is 26.9. The van der Waals surface area contributed by atoms with Crippen LogP contribution in [0.3, 0.4) is 0 Å². The van der Waals surface area contributed by atoms with Gasteiger partial charge in [0.05, 0.1) is 15.8 Å². The molecule has 1 N–H and O–H groups in total. The van der Waals surface area contributed by atoms with Crippen molar-refractivity contribution in [1.29, 1.82) is 0 Å². The van der Waals surface area contributed by atoms with Gasteiger partial charge in [-0.05, 0) is 30.5 Å². The van der Waals surface area contributed by atoms with E-state index in [0.717, 1.165) is 25.7 Å². The van der Waals surface area contributed by atoms with Crippen LogP contribution in [0.15, 0.2) is 18.2 Å². The molecular weight excluding hydrogens is 305 g/mol. The molecule has 3 nitrogen and oxygen atoms in total. The van der Waals surface area contributed by atoms with Crippen LogP contribution < -0.4 is 4.72 Å². The minimum absolute atomic E-state index is 0.0552. The number of hydrogen-bond donors (Lipinski definition) is 1. The maximum atomic E-state index is 12.1. The fourth-order valence-electron chi connectivity index (χ4n) is 2.36. The molecule has 0 bridgehead atoms. The van der Waals surface area contributed by atoms with Gasteiger partial charge in [0.15, 0.2) is 0 Å². The molecule has 0 radical (unpaired) electrons. The van der Waals surface area contributed by atoms with Crippen molar-refractivity contribution in [2.75, 3.05) is 0 Å². The summed E-state index contributed by atoms with van der Waals surface area (Å²) >= 11 is 11.7. The number of halogens is 2. The van der Waals surface area contributed by atoms with Crippen molar-refractivity contribution >= 4 is 33.2 Å². The predicted molar refractivity (Wildman–Crippen MR) is 79.1 cm³/mol. The lowest BCUT2D eigenvalue weighted by Crippen LogP contribution is -2.36. The van der Waals surface area contributed by atoms with Gasteiger partial charge in [-0.15, -0.1) is 0 Å². The van der Waals surface area contributed by atoms with Gasteiger partial charge in [-0.2, -0.15) is 0 Å². The number of rotatable bonds is 4. The summed E-state index contributed by atoms with van der Waals surface area (Å²) in [6.07, 6.45) is 5.26. The second-order valence-corrected chi connectivity index (χ2v) is 7.53. The van der Waals surface area contributed by atoms with E-state index in [1.165, 1.54) is 6.42 Å². The molecule has 1 saturated carbocycles. The smallest absolute Gasteiger partial charge is 0.212 e. The number of sulfonamides is 1. The summed E-state index contributed by atoms with van der Waals surface area (Å²) in [6.45, 7) is 0. The molecule has 106 valence electrons. The molecule has 0 aromatic heterocycles. The van der Waals surface area contributed by atoms with Crippen molar-refractivity contribution in [2.24, 2.45) is 0 Å². The van der Waals surface area contributed by atoms with Gasteiger partial charge in [-0.25, -0.2) is 13.1 Å². The Morgan fingerprint density at radius 1 is 1.11 bits per heavy atom. The first-order valence-corrected chi connectivity index (χ1v) is 8.81. The van der Waals surface area contributed by atoms with Gasteiger partial charge in [0.2, 0.25) is 10.0 Å². The van der Waals surface area contributed by atoms with Crippen molar-refractivity contribution in [3.63, 3.8) is 0 Å². The zero-order valence-corrected chi connectivity index (χ0v) is 12.9. The van der Waals surface area contributed by atoms with Gasteiger partial charge >= 0.3 is 0 Å². The van der Waals surface area contributed by atoms with Crippen LogP contribution >= 0.6 is 23.2 Å². The summed E-state index contributed by atoms with van der Waals surface area (Å²) in [5.41, 5.74) is 0.651. The third kappa shape index (κ3) is 4.63. The lowest BCUT2D eigenvalue weighted by atomic mass is 9.96. The normalized spacial score (nSPS) is 17.6. The number of hydrogen-bond acceptors (Lipinski definition) is 2. The van der Waals surface area contributed by atoms with E-state index in [0.29, 0.717) is 15.6 Å². The van der Waals surface area contributed by atoms with Crippen molar-refractivity contribution in [2.45, 2.75) is 43.9 Å². The molecule has 1 aromatic rings. The van der Waals surface area contributed by atoms with E-state index >= 15 is 0 Å². The van der Waals surface area contributed by atoms with Gasteiger partial charge in [0.25, 0.3) is 0 Å². The first-order chi connectivity index (χ1) is 8.96. The van der Waals surface area contributed by atoms with Crippen LogP contribution in [-0.4, -0.2) is 14.5 Å². The summed E-state index contributed by atoms with van der Waals surface area (Å²) in [5.74, 6) is -0.0552. The summed E-state index contributed by atoms with van der Waals surface area (Å²) in [7, 11) is -3.32. The van der Waals surface area contributed by atoms with Crippen LogP contribution in [0.1, 0.15) is 37.7 Å². The molecule has 1 aliphatic rings. The van der Waals surface area contributed by atoms with Crippen LogP contribution in [0.2, 0.25) is 10.0 Å². The molecule has 0 unspecified atom stereocenters. The zero-order chi connectivity index (χ0) is 13.9. The number of benzene rings is 1. The molecule has 0 amide bonds. The molecule has 1 fully saturated rings. The van der Waals surface area contributed by atoms with Gasteiger partial charge in [-0.1, -0.05) is 48.5 Å². The topological polar surface area (TPSA) is 46.2 Å². The third-order valence-electron chi connectivity index (χ3n) is 3.29. The Kier molecular flexibility index (Phi) is 5.12. The molecule has 2 rings (SSSR count). The van der Waals surface area contributed by atoms with E-state index in [1.807, 2.05) is 0 Å². The Morgan fingerprint density at radius 2 is 1.79 bits per heavy atom. The highest BCUT2D eigenvalue weighted by molar-refractivity contribution is 7.88. The summed E-state index contributed by atoms with van der Waals surface area (Å²) in [5, 5.41) is 0.815. The third-order valence-corrected chi connectivity index (χ3v) is 5.44. The Labute approximate surface area is 124 Å². The van der Waals surface area contributed by atoms with Crippen molar-refractivity contribution in [3.8, 4) is 0 Å². The van der Waals surface area contributed by atoms with Crippen molar-refractivity contribution < 1.29 is 8.42 Å². The van der Waals surface area contributed by atoms with Crippen LogP contribution in [-0.2, 0) is 15.8 Å². The molecule has 0 atom stereocenters. The largest absolute Gasteiger partial charge is 0.216 e. The number of nitrogens with one attached hydrogen (secondary N) is 1. The Hall–Kier alpha value is -0.290. The minimum Gasteiger partial charge on any atom is -0.212 e. The zero-order valence-electron chi connectivity index (χ0n) is 10.5. The van der Waals surface area contributed by atoms with E-state index in [-0.39, 0.29) is 11.8 Å². The second-order valence-electron chi connectivity index (χ2n) is 4.96. The molecular formula is C13H17Cl2NO2S. The second kappa shape index (κ2) is 6.44. The molecule has 0 saturated heterocycles. The lowest BCUT2D eigenvalue weighted by molar-refractivity contribution is 0.412. The highest BCUT2D eigenvalue weighted by Gasteiger charge is 2.20. The lowest BCUT2D eigenvalue weighted by Gasteiger charge is -2.22. The van der Waals surface area contributed by atoms with Crippen LogP contribution in [0.4, 0.5) is 0 Å². The monoisotopic (exact) mass is 321 g/mol. The highest BCUT2D eigenvalue weighted by Crippen LogP contribution is 2.24. The van der Waals surface area contributed by atoms with Crippen LogP contribution in [0.25, 0.3) is 0 Å². The fraction of sp³-hybridized carbons (Fsp3) is 0.538. The molecule has 19 heavy (non-hydrogen) atoms. The molecule has 0 heterocycles. The van der Waals surface area contributed by atoms with Gasteiger partial charge in [0.1, 0.15) is 0 Å².